The van der Waals surface area contributed by atoms with Crippen LogP contribution >= 0.6 is 0 Å². The van der Waals surface area contributed by atoms with E-state index < -0.39 is 12.1 Å². The van der Waals surface area contributed by atoms with Crippen LogP contribution in [-0.2, 0) is 0 Å². The maximum absolute atomic E-state index is 12.8. The van der Waals surface area contributed by atoms with Crippen molar-refractivity contribution < 1.29 is 18.4 Å². The molecule has 6 nitrogen and oxygen atoms in total. The van der Waals surface area contributed by atoms with E-state index in [1.165, 1.54) is 17.2 Å². The van der Waals surface area contributed by atoms with E-state index in [0.29, 0.717) is 13.0 Å². The predicted molar refractivity (Wildman–Crippen MR) is 65.5 cm³/mol. The monoisotopic (exact) mass is 289 g/mol. The molecule has 1 fully saturated rings. The highest BCUT2D eigenvalue weighted by molar-refractivity contribution is 6.01. The van der Waals surface area contributed by atoms with Gasteiger partial charge in [-0.1, -0.05) is 5.16 Å². The van der Waals surface area contributed by atoms with E-state index in [-0.39, 0.29) is 30.2 Å². The fourth-order valence-electron chi connectivity index (χ4n) is 2.25. The van der Waals surface area contributed by atoms with E-state index in [4.69, 9.17) is 10.9 Å². The Labute approximate surface area is 113 Å². The molecule has 20 heavy (non-hydrogen) atoms. The summed E-state index contributed by atoms with van der Waals surface area (Å²) in [7, 11) is 0. The van der Waals surface area contributed by atoms with Crippen LogP contribution < -0.4 is 10.6 Å². The lowest BCUT2D eigenvalue weighted by Gasteiger charge is -2.34. The number of hydrogen-bond donors (Lipinski definition) is 2. The largest absolute Gasteiger partial charge is 0.409 e. The van der Waals surface area contributed by atoms with Crippen LogP contribution in [0.25, 0.3) is 0 Å². The Kier molecular flexibility index (Phi) is 3.96. The summed E-state index contributed by atoms with van der Waals surface area (Å²) < 4.78 is 38.4. The maximum Gasteiger partial charge on any atom is 0.393 e. The lowest BCUT2D eigenvalue weighted by Crippen LogP contribution is -2.43. The first-order valence-electron chi connectivity index (χ1n) is 6.04. The van der Waals surface area contributed by atoms with E-state index in [1.807, 2.05) is 0 Å². The maximum atomic E-state index is 12.8. The van der Waals surface area contributed by atoms with Crippen molar-refractivity contribution in [2.24, 2.45) is 16.8 Å². The van der Waals surface area contributed by atoms with Crippen molar-refractivity contribution in [2.45, 2.75) is 19.0 Å². The van der Waals surface area contributed by atoms with Gasteiger partial charge in [0.05, 0.1) is 17.7 Å². The van der Waals surface area contributed by atoms with Crippen molar-refractivity contribution >= 4 is 11.7 Å². The molecule has 1 saturated heterocycles. The summed E-state index contributed by atoms with van der Waals surface area (Å²) in [5.41, 5.74) is 5.77. The third kappa shape index (κ3) is 2.91. The highest BCUT2D eigenvalue weighted by Gasteiger charge is 2.42. The fourth-order valence-corrected chi connectivity index (χ4v) is 2.25. The third-order valence-corrected chi connectivity index (χ3v) is 3.27. The molecule has 0 amide bonds. The van der Waals surface area contributed by atoms with Gasteiger partial charge in [0.1, 0.15) is 0 Å². The number of nitrogens with two attached hydrogens (primary N) is 1. The van der Waals surface area contributed by atoms with Crippen molar-refractivity contribution in [2.75, 3.05) is 18.0 Å². The quantitative estimate of drug-likeness (QED) is 0.371. The normalized spacial score (nSPS) is 21.1. The van der Waals surface area contributed by atoms with Gasteiger partial charge >= 0.3 is 6.18 Å². The smallest absolute Gasteiger partial charge is 0.393 e. The van der Waals surface area contributed by atoms with E-state index in [1.54, 1.807) is 0 Å². The van der Waals surface area contributed by atoms with Gasteiger partial charge in [-0.25, -0.2) is 0 Å². The number of hydrogen-bond acceptors (Lipinski definition) is 5. The summed E-state index contributed by atoms with van der Waals surface area (Å²) in [5.74, 6) is -1.40. The number of nitrogens with zero attached hydrogens (tertiary/aromatic N) is 4. The van der Waals surface area contributed by atoms with Crippen molar-refractivity contribution in [1.82, 2.24) is 10.2 Å². The van der Waals surface area contributed by atoms with Crippen molar-refractivity contribution in [1.29, 1.82) is 0 Å². The second-order valence-corrected chi connectivity index (χ2v) is 4.58. The Morgan fingerprint density at radius 3 is 2.90 bits per heavy atom. The number of anilines is 1. The van der Waals surface area contributed by atoms with Gasteiger partial charge in [-0.3, -0.25) is 0 Å². The van der Waals surface area contributed by atoms with E-state index in [9.17, 15) is 13.2 Å². The second-order valence-electron chi connectivity index (χ2n) is 4.58. The average molecular weight is 289 g/mol. The van der Waals surface area contributed by atoms with E-state index >= 15 is 0 Å². The molecule has 1 atom stereocenters. The lowest BCUT2D eigenvalue weighted by molar-refractivity contribution is -0.176. The predicted octanol–water partition coefficient (Wildman–Crippen LogP) is 1.35. The van der Waals surface area contributed by atoms with E-state index in [0.717, 1.165) is 0 Å². The summed E-state index contributed by atoms with van der Waals surface area (Å²) >= 11 is 0. The minimum Gasteiger partial charge on any atom is -0.409 e. The summed E-state index contributed by atoms with van der Waals surface area (Å²) in [6.07, 6.45) is -2.41. The van der Waals surface area contributed by atoms with Crippen LogP contribution in [0.5, 0.6) is 0 Å². The molecule has 1 aromatic heterocycles. The molecule has 0 saturated carbocycles. The Balaban J connectivity index is 2.28. The van der Waals surface area contributed by atoms with Crippen LogP contribution in [-0.4, -0.2) is 40.5 Å². The van der Waals surface area contributed by atoms with Crippen molar-refractivity contribution in [3.8, 4) is 0 Å². The van der Waals surface area contributed by atoms with Crippen molar-refractivity contribution in [3.05, 3.63) is 17.8 Å². The van der Waals surface area contributed by atoms with Gasteiger partial charge in [0.25, 0.3) is 0 Å². The summed E-state index contributed by atoms with van der Waals surface area (Å²) in [5, 5.41) is 19.1. The Hall–Kier alpha value is -2.06. The van der Waals surface area contributed by atoms with Gasteiger partial charge in [-0.15, -0.1) is 5.10 Å². The molecule has 0 aromatic carbocycles. The molecule has 1 aliphatic rings. The Morgan fingerprint density at radius 2 is 2.25 bits per heavy atom. The number of rotatable bonds is 2. The molecular formula is C11H14F3N5O. The second kappa shape index (κ2) is 5.51. The zero-order valence-electron chi connectivity index (χ0n) is 10.5. The average Bonchev–Trinajstić information content (AvgIpc) is 2.45. The molecule has 2 heterocycles. The highest BCUT2D eigenvalue weighted by Crippen LogP contribution is 2.34. The SMILES string of the molecule is N/C(=N/O)c1ccnnc1N1CCCC(C(F)(F)F)C1. The molecule has 1 unspecified atom stereocenters. The summed E-state index contributed by atoms with van der Waals surface area (Å²) in [6, 6.07) is 1.45. The molecule has 0 bridgehead atoms. The first kappa shape index (κ1) is 14.4. The molecular weight excluding hydrogens is 275 g/mol. The molecule has 0 radical (unpaired) electrons. The molecule has 110 valence electrons. The van der Waals surface area contributed by atoms with Gasteiger partial charge in [0.2, 0.25) is 0 Å². The first-order valence-corrected chi connectivity index (χ1v) is 6.04. The van der Waals surface area contributed by atoms with Crippen LogP contribution in [0.3, 0.4) is 0 Å². The lowest BCUT2D eigenvalue weighted by atomic mass is 9.97. The van der Waals surface area contributed by atoms with Crippen molar-refractivity contribution in [3.63, 3.8) is 0 Å². The minimum atomic E-state index is -4.24. The molecule has 0 spiro atoms. The first-order chi connectivity index (χ1) is 9.43. The van der Waals surface area contributed by atoms with Gasteiger partial charge in [-0.05, 0) is 18.9 Å². The van der Waals surface area contributed by atoms with Crippen LogP contribution in [0.15, 0.2) is 17.4 Å². The van der Waals surface area contributed by atoms with Gasteiger partial charge in [-0.2, -0.15) is 18.3 Å². The number of oxime groups is 1. The summed E-state index contributed by atoms with van der Waals surface area (Å²) in [6.45, 7) is 0.227. The molecule has 1 aromatic rings. The van der Waals surface area contributed by atoms with Gasteiger partial charge in [0, 0.05) is 13.1 Å². The molecule has 3 N–H and O–H groups in total. The molecule has 9 heteroatoms. The number of piperidine rings is 1. The molecule has 2 rings (SSSR count). The molecule has 1 aliphatic heterocycles. The Bertz CT molecular complexity index is 505. The van der Waals surface area contributed by atoms with Gasteiger partial charge in [0.15, 0.2) is 11.7 Å². The van der Waals surface area contributed by atoms with Gasteiger partial charge < -0.3 is 15.8 Å². The topological polar surface area (TPSA) is 87.6 Å². The number of alkyl halides is 3. The fraction of sp³-hybridized carbons (Fsp3) is 0.545. The number of aromatic nitrogens is 2. The zero-order chi connectivity index (χ0) is 14.8. The third-order valence-electron chi connectivity index (χ3n) is 3.27. The highest BCUT2D eigenvalue weighted by atomic mass is 19.4. The molecule has 0 aliphatic carbocycles. The summed E-state index contributed by atoms with van der Waals surface area (Å²) in [4.78, 5) is 1.47. The van der Waals surface area contributed by atoms with Crippen LogP contribution in [0, 0.1) is 5.92 Å². The number of halogens is 3. The Morgan fingerprint density at radius 1 is 1.50 bits per heavy atom. The van der Waals surface area contributed by atoms with Crippen LogP contribution in [0.2, 0.25) is 0 Å². The zero-order valence-corrected chi connectivity index (χ0v) is 10.5. The van der Waals surface area contributed by atoms with Crippen LogP contribution in [0.1, 0.15) is 18.4 Å². The van der Waals surface area contributed by atoms with E-state index in [2.05, 4.69) is 15.4 Å². The standard InChI is InChI=1S/C11H14F3N5O/c12-11(13,14)7-2-1-5-19(6-7)10-8(9(15)18-20)3-4-16-17-10/h3-4,7,20H,1-2,5-6H2,(H2,15,18). The number of amidine groups is 1. The minimum absolute atomic E-state index is 0.0964. The van der Waals surface area contributed by atoms with Crippen LogP contribution in [0.4, 0.5) is 19.0 Å².